The van der Waals surface area contributed by atoms with Gasteiger partial charge in [0.2, 0.25) is 0 Å². The Hall–Kier alpha value is -1.51. The van der Waals surface area contributed by atoms with Crippen molar-refractivity contribution >= 4 is 5.97 Å². The van der Waals surface area contributed by atoms with Crippen molar-refractivity contribution in [2.45, 2.75) is 57.5 Å². The number of esters is 1. The van der Waals surface area contributed by atoms with Crippen LogP contribution in [0.15, 0.2) is 24.3 Å². The molecule has 0 amide bonds. The first-order valence-electron chi connectivity index (χ1n) is 8.12. The van der Waals surface area contributed by atoms with Gasteiger partial charge in [-0.3, -0.25) is 4.79 Å². The predicted octanol–water partition coefficient (Wildman–Crippen LogP) is 4.06. The molecule has 21 heavy (non-hydrogen) atoms. The van der Waals surface area contributed by atoms with Crippen molar-refractivity contribution in [3.8, 4) is 5.75 Å². The SMILES string of the molecule is CC(=O)O[C@H]1CCCC[C@@H]1c1ccc(OCC2CC2)cc1. The number of rotatable bonds is 5. The lowest BCUT2D eigenvalue weighted by atomic mass is 9.81. The van der Waals surface area contributed by atoms with E-state index in [1.54, 1.807) is 0 Å². The maximum absolute atomic E-state index is 11.3. The Balaban J connectivity index is 1.64. The topological polar surface area (TPSA) is 35.5 Å². The molecule has 3 nitrogen and oxygen atoms in total. The molecule has 0 N–H and O–H groups in total. The Morgan fingerprint density at radius 2 is 1.81 bits per heavy atom. The van der Waals surface area contributed by atoms with Crippen LogP contribution in [0.5, 0.6) is 5.75 Å². The standard InChI is InChI=1S/C18H24O3/c1-13(19)21-18-5-3-2-4-17(18)15-8-10-16(11-9-15)20-12-14-6-7-14/h8-11,14,17-18H,2-7,12H2,1H3/t17-,18+/m1/s1. The first kappa shape index (κ1) is 14.4. The minimum atomic E-state index is -0.170. The number of carbonyl (C=O) groups excluding carboxylic acids is 1. The van der Waals surface area contributed by atoms with Crippen molar-refractivity contribution in [2.24, 2.45) is 5.92 Å². The van der Waals surface area contributed by atoms with Crippen LogP contribution < -0.4 is 4.74 Å². The highest BCUT2D eigenvalue weighted by Crippen LogP contribution is 2.36. The third-order valence-electron chi connectivity index (χ3n) is 4.51. The average molecular weight is 288 g/mol. The van der Waals surface area contributed by atoms with Crippen LogP contribution in [0.25, 0.3) is 0 Å². The molecule has 0 saturated heterocycles. The largest absolute Gasteiger partial charge is 0.493 e. The molecule has 0 spiro atoms. The molecule has 0 aliphatic heterocycles. The van der Waals surface area contributed by atoms with Crippen molar-refractivity contribution in [3.05, 3.63) is 29.8 Å². The fraction of sp³-hybridized carbons (Fsp3) is 0.611. The zero-order valence-corrected chi connectivity index (χ0v) is 12.7. The van der Waals surface area contributed by atoms with E-state index in [1.165, 1.54) is 31.7 Å². The highest BCUT2D eigenvalue weighted by Gasteiger charge is 2.29. The second kappa shape index (κ2) is 6.50. The molecule has 1 aromatic carbocycles. The fourth-order valence-corrected chi connectivity index (χ4v) is 3.14. The Bertz CT molecular complexity index is 476. The average Bonchev–Trinajstić information content (AvgIpc) is 3.30. The monoisotopic (exact) mass is 288 g/mol. The van der Waals surface area contributed by atoms with Gasteiger partial charge in [0.1, 0.15) is 11.9 Å². The molecule has 2 fully saturated rings. The summed E-state index contributed by atoms with van der Waals surface area (Å²) in [7, 11) is 0. The number of benzene rings is 1. The summed E-state index contributed by atoms with van der Waals surface area (Å²) < 4.78 is 11.3. The molecule has 2 atom stereocenters. The van der Waals surface area contributed by atoms with Gasteiger partial charge in [-0.25, -0.2) is 0 Å². The van der Waals surface area contributed by atoms with Crippen LogP contribution in [0.1, 0.15) is 56.9 Å². The first-order chi connectivity index (χ1) is 10.2. The summed E-state index contributed by atoms with van der Waals surface area (Å²) in [6, 6.07) is 8.37. The van der Waals surface area contributed by atoms with E-state index in [4.69, 9.17) is 9.47 Å². The van der Waals surface area contributed by atoms with Crippen LogP contribution in [0.2, 0.25) is 0 Å². The summed E-state index contributed by atoms with van der Waals surface area (Å²) in [6.07, 6.45) is 7.09. The van der Waals surface area contributed by atoms with Gasteiger partial charge >= 0.3 is 5.97 Å². The van der Waals surface area contributed by atoms with Crippen molar-refractivity contribution < 1.29 is 14.3 Å². The molecular weight excluding hydrogens is 264 g/mol. The van der Waals surface area contributed by atoms with Gasteiger partial charge < -0.3 is 9.47 Å². The third-order valence-corrected chi connectivity index (χ3v) is 4.51. The van der Waals surface area contributed by atoms with E-state index in [9.17, 15) is 4.79 Å². The van der Waals surface area contributed by atoms with Gasteiger partial charge in [-0.1, -0.05) is 18.6 Å². The van der Waals surface area contributed by atoms with Gasteiger partial charge in [0.15, 0.2) is 0 Å². The summed E-state index contributed by atoms with van der Waals surface area (Å²) in [4.78, 5) is 11.3. The third kappa shape index (κ3) is 3.99. The summed E-state index contributed by atoms with van der Waals surface area (Å²) in [5.74, 6) is 1.89. The molecule has 1 aromatic rings. The molecule has 3 heteroatoms. The Kier molecular flexibility index (Phi) is 4.47. The van der Waals surface area contributed by atoms with Crippen molar-refractivity contribution in [2.75, 3.05) is 6.61 Å². The molecule has 0 aromatic heterocycles. The van der Waals surface area contributed by atoms with Gasteiger partial charge in [0.05, 0.1) is 6.61 Å². The number of carbonyl (C=O) groups is 1. The van der Waals surface area contributed by atoms with Crippen LogP contribution in [0.4, 0.5) is 0 Å². The normalized spacial score (nSPS) is 25.4. The lowest BCUT2D eigenvalue weighted by molar-refractivity contribution is -0.148. The van der Waals surface area contributed by atoms with Gasteiger partial charge in [-0.05, 0) is 55.7 Å². The number of ether oxygens (including phenoxy) is 2. The smallest absolute Gasteiger partial charge is 0.302 e. The van der Waals surface area contributed by atoms with Crippen molar-refractivity contribution in [1.29, 1.82) is 0 Å². The molecule has 0 heterocycles. The fourth-order valence-electron chi connectivity index (χ4n) is 3.14. The zero-order chi connectivity index (χ0) is 14.7. The van der Waals surface area contributed by atoms with Crippen molar-refractivity contribution in [3.63, 3.8) is 0 Å². The van der Waals surface area contributed by atoms with Crippen LogP contribution in [0, 0.1) is 5.92 Å². The molecule has 0 radical (unpaired) electrons. The lowest BCUT2D eigenvalue weighted by Crippen LogP contribution is -2.27. The zero-order valence-electron chi connectivity index (χ0n) is 12.7. The molecule has 2 saturated carbocycles. The summed E-state index contributed by atoms with van der Waals surface area (Å²) in [5, 5.41) is 0. The quantitative estimate of drug-likeness (QED) is 0.766. The maximum Gasteiger partial charge on any atom is 0.302 e. The predicted molar refractivity (Wildman–Crippen MR) is 81.4 cm³/mol. The molecule has 0 bridgehead atoms. The Morgan fingerprint density at radius 3 is 2.48 bits per heavy atom. The Labute approximate surface area is 126 Å². The summed E-state index contributed by atoms with van der Waals surface area (Å²) >= 11 is 0. The van der Waals surface area contributed by atoms with Gasteiger partial charge in [-0.2, -0.15) is 0 Å². The first-order valence-corrected chi connectivity index (χ1v) is 8.12. The van der Waals surface area contributed by atoms with E-state index in [2.05, 4.69) is 24.3 Å². The van der Waals surface area contributed by atoms with Gasteiger partial charge in [0.25, 0.3) is 0 Å². The van der Waals surface area contributed by atoms with Crippen LogP contribution in [-0.2, 0) is 9.53 Å². The second-order valence-electron chi connectivity index (χ2n) is 6.36. The molecule has 2 aliphatic carbocycles. The molecule has 114 valence electrons. The van der Waals surface area contributed by atoms with Crippen molar-refractivity contribution in [1.82, 2.24) is 0 Å². The van der Waals surface area contributed by atoms with Crippen LogP contribution in [0.3, 0.4) is 0 Å². The summed E-state index contributed by atoms with van der Waals surface area (Å²) in [5.41, 5.74) is 1.26. The van der Waals surface area contributed by atoms with E-state index in [0.29, 0.717) is 5.92 Å². The Morgan fingerprint density at radius 1 is 1.10 bits per heavy atom. The van der Waals surface area contributed by atoms with E-state index >= 15 is 0 Å². The minimum Gasteiger partial charge on any atom is -0.493 e. The van der Waals surface area contributed by atoms with E-state index in [1.807, 2.05) is 0 Å². The lowest BCUT2D eigenvalue weighted by Gasteiger charge is -2.31. The maximum atomic E-state index is 11.3. The van der Waals surface area contributed by atoms with Crippen LogP contribution >= 0.6 is 0 Å². The summed E-state index contributed by atoms with van der Waals surface area (Å²) in [6.45, 7) is 2.35. The molecule has 0 unspecified atom stereocenters. The van der Waals surface area contributed by atoms with E-state index in [0.717, 1.165) is 37.5 Å². The highest BCUT2D eigenvalue weighted by atomic mass is 16.5. The molecule has 3 rings (SSSR count). The number of hydrogen-bond donors (Lipinski definition) is 0. The van der Waals surface area contributed by atoms with E-state index < -0.39 is 0 Å². The molecule has 2 aliphatic rings. The van der Waals surface area contributed by atoms with E-state index in [-0.39, 0.29) is 12.1 Å². The number of hydrogen-bond acceptors (Lipinski definition) is 3. The van der Waals surface area contributed by atoms with Crippen LogP contribution in [-0.4, -0.2) is 18.7 Å². The molecular formula is C18H24O3. The minimum absolute atomic E-state index is 0.0366. The van der Waals surface area contributed by atoms with Gasteiger partial charge in [-0.15, -0.1) is 0 Å². The van der Waals surface area contributed by atoms with Gasteiger partial charge in [0, 0.05) is 12.8 Å². The second-order valence-corrected chi connectivity index (χ2v) is 6.36. The highest BCUT2D eigenvalue weighted by molar-refractivity contribution is 5.66.